The van der Waals surface area contributed by atoms with Gasteiger partial charge in [-0.1, -0.05) is 17.7 Å². The second kappa shape index (κ2) is 4.89. The summed E-state index contributed by atoms with van der Waals surface area (Å²) in [6.45, 7) is 3.67. The molecule has 0 saturated carbocycles. The van der Waals surface area contributed by atoms with E-state index in [0.717, 1.165) is 37.9 Å². The summed E-state index contributed by atoms with van der Waals surface area (Å²) in [4.78, 5) is 0.428. The van der Waals surface area contributed by atoms with E-state index in [1.807, 2.05) is 19.1 Å². The molecule has 2 unspecified atom stereocenters. The number of benzene rings is 1. The molecule has 2 fully saturated rings. The minimum Gasteiger partial charge on any atom is -0.315 e. The van der Waals surface area contributed by atoms with E-state index < -0.39 is 10.0 Å². The lowest BCUT2D eigenvalue weighted by Crippen LogP contribution is -2.42. The smallest absolute Gasteiger partial charge is 0.243 e. The topological polar surface area (TPSA) is 49.4 Å². The molecule has 2 aliphatic rings. The van der Waals surface area contributed by atoms with E-state index in [1.54, 1.807) is 16.4 Å². The van der Waals surface area contributed by atoms with Gasteiger partial charge in [0.05, 0.1) is 4.90 Å². The summed E-state index contributed by atoms with van der Waals surface area (Å²) in [6.07, 6.45) is 2.89. The van der Waals surface area contributed by atoms with E-state index in [-0.39, 0.29) is 12.1 Å². The maximum Gasteiger partial charge on any atom is 0.243 e. The van der Waals surface area contributed by atoms with Crippen molar-refractivity contribution >= 4 is 10.0 Å². The number of hydrogen-bond donors (Lipinski definition) is 1. The number of fused-ring (bicyclic) bond motifs is 2. The van der Waals surface area contributed by atoms with Crippen LogP contribution >= 0.6 is 0 Å². The van der Waals surface area contributed by atoms with E-state index in [9.17, 15) is 8.42 Å². The maximum atomic E-state index is 12.8. The molecule has 0 aromatic heterocycles. The third kappa shape index (κ3) is 2.30. The lowest BCUT2D eigenvalue weighted by Gasteiger charge is -2.26. The van der Waals surface area contributed by atoms with Gasteiger partial charge in [-0.2, -0.15) is 4.31 Å². The summed E-state index contributed by atoms with van der Waals surface area (Å²) in [5.74, 6) is 0. The Labute approximate surface area is 114 Å². The van der Waals surface area contributed by atoms with Crippen LogP contribution in [0.3, 0.4) is 0 Å². The van der Waals surface area contributed by atoms with Crippen LogP contribution in [0.4, 0.5) is 0 Å². The Hall–Kier alpha value is -0.910. The normalized spacial score (nSPS) is 28.3. The molecule has 2 bridgehead atoms. The number of nitrogens with one attached hydrogen (secondary N) is 1. The van der Waals surface area contributed by atoms with Gasteiger partial charge in [0.2, 0.25) is 10.0 Å². The Morgan fingerprint density at radius 2 is 1.79 bits per heavy atom. The molecule has 2 heterocycles. The van der Waals surface area contributed by atoms with Crippen molar-refractivity contribution in [2.75, 3.05) is 13.1 Å². The molecule has 1 aromatic rings. The van der Waals surface area contributed by atoms with Crippen molar-refractivity contribution in [2.45, 2.75) is 43.2 Å². The molecular formula is C14H20N2O2S. The SMILES string of the molecule is Cc1ccc(S(=O)(=O)N2C3CCNCC2CC3)cc1. The monoisotopic (exact) mass is 280 g/mol. The Morgan fingerprint density at radius 3 is 2.53 bits per heavy atom. The van der Waals surface area contributed by atoms with Gasteiger partial charge in [0.1, 0.15) is 0 Å². The molecule has 0 amide bonds. The van der Waals surface area contributed by atoms with Crippen LogP contribution in [0.15, 0.2) is 29.2 Å². The van der Waals surface area contributed by atoms with Crippen LogP contribution in [0, 0.1) is 6.92 Å². The first kappa shape index (κ1) is 13.1. The van der Waals surface area contributed by atoms with Crippen molar-refractivity contribution in [3.05, 3.63) is 29.8 Å². The highest BCUT2D eigenvalue weighted by Crippen LogP contribution is 2.33. The van der Waals surface area contributed by atoms with Crippen LogP contribution in [-0.2, 0) is 10.0 Å². The van der Waals surface area contributed by atoms with Crippen LogP contribution in [0.5, 0.6) is 0 Å². The molecule has 104 valence electrons. The molecule has 2 saturated heterocycles. The molecule has 3 rings (SSSR count). The molecule has 1 aromatic carbocycles. The van der Waals surface area contributed by atoms with E-state index in [0.29, 0.717) is 4.90 Å². The van der Waals surface area contributed by atoms with E-state index in [2.05, 4.69) is 5.32 Å². The molecule has 1 N–H and O–H groups in total. The summed E-state index contributed by atoms with van der Waals surface area (Å²) in [5.41, 5.74) is 1.08. The average Bonchev–Trinajstić information content (AvgIpc) is 2.64. The summed E-state index contributed by atoms with van der Waals surface area (Å²) in [5, 5.41) is 3.34. The Kier molecular flexibility index (Phi) is 3.37. The van der Waals surface area contributed by atoms with Crippen molar-refractivity contribution in [3.8, 4) is 0 Å². The number of hydrogen-bond acceptors (Lipinski definition) is 3. The highest BCUT2D eigenvalue weighted by Gasteiger charge is 2.42. The molecule has 2 atom stereocenters. The standard InChI is InChI=1S/C14H20N2O2S/c1-11-2-6-14(7-3-11)19(17,18)16-12-4-5-13(16)10-15-9-8-12/h2-3,6-7,12-13,15H,4-5,8-10H2,1H3. The zero-order valence-electron chi connectivity index (χ0n) is 11.2. The molecule has 2 aliphatic heterocycles. The predicted octanol–water partition coefficient (Wildman–Crippen LogP) is 1.51. The number of rotatable bonds is 2. The van der Waals surface area contributed by atoms with Crippen molar-refractivity contribution in [2.24, 2.45) is 0 Å². The minimum absolute atomic E-state index is 0.124. The average molecular weight is 280 g/mol. The summed E-state index contributed by atoms with van der Waals surface area (Å²) < 4.78 is 27.4. The number of nitrogens with zero attached hydrogens (tertiary/aromatic N) is 1. The van der Waals surface area contributed by atoms with Gasteiger partial charge in [-0.15, -0.1) is 0 Å². The zero-order valence-corrected chi connectivity index (χ0v) is 12.0. The van der Waals surface area contributed by atoms with Crippen LogP contribution < -0.4 is 5.32 Å². The predicted molar refractivity (Wildman–Crippen MR) is 74.5 cm³/mol. The first-order chi connectivity index (χ1) is 9.09. The summed E-state index contributed by atoms with van der Waals surface area (Å²) in [6, 6.07) is 7.48. The fraction of sp³-hybridized carbons (Fsp3) is 0.571. The second-order valence-corrected chi connectivity index (χ2v) is 7.37. The van der Waals surface area contributed by atoms with Crippen LogP contribution in [0.1, 0.15) is 24.8 Å². The molecule has 0 radical (unpaired) electrons. The molecule has 0 aliphatic carbocycles. The molecule has 5 heteroatoms. The van der Waals surface area contributed by atoms with E-state index >= 15 is 0 Å². The largest absolute Gasteiger partial charge is 0.315 e. The van der Waals surface area contributed by atoms with Gasteiger partial charge in [-0.3, -0.25) is 0 Å². The first-order valence-corrected chi connectivity index (χ1v) is 8.34. The Morgan fingerprint density at radius 1 is 1.11 bits per heavy atom. The quantitative estimate of drug-likeness (QED) is 0.893. The summed E-state index contributed by atoms with van der Waals surface area (Å²) >= 11 is 0. The second-order valence-electron chi connectivity index (χ2n) is 5.53. The lowest BCUT2D eigenvalue weighted by atomic mass is 10.1. The lowest BCUT2D eigenvalue weighted by molar-refractivity contribution is 0.334. The minimum atomic E-state index is -3.34. The highest BCUT2D eigenvalue weighted by atomic mass is 32.2. The third-order valence-corrected chi connectivity index (χ3v) is 6.20. The van der Waals surface area contributed by atoms with Gasteiger partial charge in [-0.05, 0) is 44.9 Å². The number of sulfonamides is 1. The van der Waals surface area contributed by atoms with Gasteiger partial charge in [0.25, 0.3) is 0 Å². The molecule has 0 spiro atoms. The fourth-order valence-corrected chi connectivity index (χ4v) is 5.06. The summed E-state index contributed by atoms with van der Waals surface area (Å²) in [7, 11) is -3.34. The fourth-order valence-electron chi connectivity index (χ4n) is 3.16. The van der Waals surface area contributed by atoms with E-state index in [4.69, 9.17) is 0 Å². The Balaban J connectivity index is 1.97. The first-order valence-electron chi connectivity index (χ1n) is 6.90. The van der Waals surface area contributed by atoms with Crippen LogP contribution in [0.25, 0.3) is 0 Å². The van der Waals surface area contributed by atoms with Gasteiger partial charge >= 0.3 is 0 Å². The van der Waals surface area contributed by atoms with Gasteiger partial charge < -0.3 is 5.32 Å². The maximum absolute atomic E-state index is 12.8. The van der Waals surface area contributed by atoms with Crippen molar-refractivity contribution < 1.29 is 8.42 Å². The van der Waals surface area contributed by atoms with Crippen LogP contribution in [0.2, 0.25) is 0 Å². The van der Waals surface area contributed by atoms with Crippen molar-refractivity contribution in [1.82, 2.24) is 9.62 Å². The molecule has 4 nitrogen and oxygen atoms in total. The van der Waals surface area contributed by atoms with Crippen LogP contribution in [-0.4, -0.2) is 37.9 Å². The van der Waals surface area contributed by atoms with Crippen molar-refractivity contribution in [1.29, 1.82) is 0 Å². The Bertz CT molecular complexity index is 539. The van der Waals surface area contributed by atoms with Gasteiger partial charge in [-0.25, -0.2) is 8.42 Å². The zero-order chi connectivity index (χ0) is 13.5. The van der Waals surface area contributed by atoms with Crippen molar-refractivity contribution in [3.63, 3.8) is 0 Å². The van der Waals surface area contributed by atoms with E-state index in [1.165, 1.54) is 0 Å². The highest BCUT2D eigenvalue weighted by molar-refractivity contribution is 7.89. The van der Waals surface area contributed by atoms with Gasteiger partial charge in [0.15, 0.2) is 0 Å². The molecular weight excluding hydrogens is 260 g/mol. The van der Waals surface area contributed by atoms with Gasteiger partial charge in [0, 0.05) is 18.6 Å². The third-order valence-electron chi connectivity index (χ3n) is 4.18. The molecule has 19 heavy (non-hydrogen) atoms. The number of aryl methyl sites for hydroxylation is 1.